The van der Waals surface area contributed by atoms with Crippen LogP contribution >= 0.6 is 11.3 Å². The highest BCUT2D eigenvalue weighted by Gasteiger charge is 2.52. The summed E-state index contributed by atoms with van der Waals surface area (Å²) in [4.78, 5) is 0. The summed E-state index contributed by atoms with van der Waals surface area (Å²) < 4.78 is 13.4. The van der Waals surface area contributed by atoms with E-state index in [9.17, 15) is 5.26 Å². The fourth-order valence-electron chi connectivity index (χ4n) is 2.62. The van der Waals surface area contributed by atoms with Crippen LogP contribution in [0.25, 0.3) is 10.1 Å². The van der Waals surface area contributed by atoms with Crippen molar-refractivity contribution in [1.82, 2.24) is 0 Å². The molecule has 1 saturated heterocycles. The fraction of sp³-hybridized carbons (Fsp3) is 0.438. The zero-order valence-corrected chi connectivity index (χ0v) is 14.3. The van der Waals surface area contributed by atoms with E-state index in [0.717, 1.165) is 20.6 Å². The normalized spacial score (nSPS) is 19.4. The Kier molecular flexibility index (Phi) is 3.48. The minimum absolute atomic E-state index is 0.394. The number of thiophene rings is 1. The van der Waals surface area contributed by atoms with Gasteiger partial charge in [0.1, 0.15) is 11.1 Å². The summed E-state index contributed by atoms with van der Waals surface area (Å²) in [6, 6.07) is 8.31. The molecule has 1 aromatic carbocycles. The topological polar surface area (TPSA) is 54.3 Å². The number of anilines is 1. The van der Waals surface area contributed by atoms with Crippen molar-refractivity contribution in [2.75, 3.05) is 12.4 Å². The largest absolute Gasteiger partial charge is 0.495 e. The van der Waals surface area contributed by atoms with E-state index < -0.39 is 18.3 Å². The Labute approximate surface area is 135 Å². The van der Waals surface area contributed by atoms with Crippen LogP contribution in [0.5, 0.6) is 0 Å². The lowest BCUT2D eigenvalue weighted by Gasteiger charge is -2.32. The minimum Gasteiger partial charge on any atom is -0.399 e. The van der Waals surface area contributed by atoms with Crippen LogP contribution in [-0.2, 0) is 9.31 Å². The number of hydrogen-bond donors (Lipinski definition) is 1. The second-order valence-electron chi connectivity index (χ2n) is 6.48. The minimum atomic E-state index is -0.458. The molecule has 2 heterocycles. The summed E-state index contributed by atoms with van der Waals surface area (Å²) in [6.07, 6.45) is 0. The van der Waals surface area contributed by atoms with Crippen LogP contribution < -0.4 is 10.8 Å². The Morgan fingerprint density at radius 1 is 1.18 bits per heavy atom. The van der Waals surface area contributed by atoms with Gasteiger partial charge >= 0.3 is 7.12 Å². The van der Waals surface area contributed by atoms with Gasteiger partial charge in [-0.15, -0.1) is 11.3 Å². The summed E-state index contributed by atoms with van der Waals surface area (Å²) >= 11 is 1.58. The van der Waals surface area contributed by atoms with Gasteiger partial charge in [0.25, 0.3) is 0 Å². The first-order valence-electron chi connectivity index (χ1n) is 7.29. The van der Waals surface area contributed by atoms with E-state index in [1.54, 1.807) is 11.3 Å². The van der Waals surface area contributed by atoms with E-state index in [1.807, 2.05) is 52.9 Å². The predicted octanol–water partition coefficient (Wildman–Crippen LogP) is 3.11. The molecule has 1 aromatic heterocycles. The molecule has 0 unspecified atom stereocenters. The van der Waals surface area contributed by atoms with Crippen LogP contribution in [0.15, 0.2) is 18.2 Å². The van der Waals surface area contributed by atoms with E-state index in [4.69, 9.17) is 9.31 Å². The molecular weight excluding hydrogens is 295 g/mol. The maximum Gasteiger partial charge on any atom is 0.495 e. The first kappa shape index (κ1) is 15.4. The molecule has 3 rings (SSSR count). The van der Waals surface area contributed by atoms with Gasteiger partial charge in [0.15, 0.2) is 0 Å². The van der Waals surface area contributed by atoms with Gasteiger partial charge < -0.3 is 14.6 Å². The van der Waals surface area contributed by atoms with E-state index in [-0.39, 0.29) is 0 Å². The molecule has 0 saturated carbocycles. The lowest BCUT2D eigenvalue weighted by atomic mass is 9.76. The summed E-state index contributed by atoms with van der Waals surface area (Å²) in [6.45, 7) is 8.13. The first-order chi connectivity index (χ1) is 10.3. The van der Waals surface area contributed by atoms with Crippen molar-refractivity contribution >= 4 is 39.0 Å². The lowest BCUT2D eigenvalue weighted by Crippen LogP contribution is -2.41. The second-order valence-corrected chi connectivity index (χ2v) is 7.53. The van der Waals surface area contributed by atoms with Crippen molar-refractivity contribution < 1.29 is 9.31 Å². The molecular formula is C16H19BN2O2S. The number of hydrogen-bond acceptors (Lipinski definition) is 5. The Balaban J connectivity index is 2.17. The maximum absolute atomic E-state index is 9.54. The second kappa shape index (κ2) is 4.99. The zero-order chi connectivity index (χ0) is 16.1. The van der Waals surface area contributed by atoms with Gasteiger partial charge in [0, 0.05) is 17.1 Å². The maximum atomic E-state index is 9.54. The molecule has 4 nitrogen and oxygen atoms in total. The summed E-state index contributed by atoms with van der Waals surface area (Å²) in [7, 11) is 1.38. The van der Waals surface area contributed by atoms with E-state index >= 15 is 0 Å². The average molecular weight is 314 g/mol. The summed E-state index contributed by atoms with van der Waals surface area (Å²) in [5.74, 6) is 0. The highest BCUT2D eigenvalue weighted by Crippen LogP contribution is 2.39. The van der Waals surface area contributed by atoms with Crippen LogP contribution in [-0.4, -0.2) is 25.4 Å². The molecule has 1 N–H and O–H groups in total. The molecule has 0 amide bonds. The van der Waals surface area contributed by atoms with Gasteiger partial charge in [0.05, 0.1) is 16.8 Å². The Bertz CT molecular complexity index is 760. The van der Waals surface area contributed by atoms with Crippen LogP contribution in [0, 0.1) is 11.3 Å². The van der Waals surface area contributed by atoms with Gasteiger partial charge in [-0.1, -0.05) is 12.1 Å². The Morgan fingerprint density at radius 3 is 2.36 bits per heavy atom. The third kappa shape index (κ3) is 2.12. The molecule has 6 heteroatoms. The number of fused-ring (bicyclic) bond motifs is 1. The molecule has 0 bridgehead atoms. The Morgan fingerprint density at radius 2 is 1.82 bits per heavy atom. The molecule has 0 radical (unpaired) electrons. The fourth-order valence-corrected chi connectivity index (χ4v) is 3.66. The van der Waals surface area contributed by atoms with E-state index in [0.29, 0.717) is 5.56 Å². The van der Waals surface area contributed by atoms with E-state index in [1.165, 1.54) is 0 Å². The van der Waals surface area contributed by atoms with E-state index in [2.05, 4.69) is 11.4 Å². The third-order valence-electron chi connectivity index (χ3n) is 4.59. The SMILES string of the molecule is CNc1sc2cccc(B3OC(C)(C)C(C)(C)O3)c2c1C#N. The molecule has 0 atom stereocenters. The predicted molar refractivity (Wildman–Crippen MR) is 91.8 cm³/mol. The van der Waals surface area contributed by atoms with Crippen LogP contribution in [0.2, 0.25) is 0 Å². The molecule has 2 aromatic rings. The van der Waals surface area contributed by atoms with Crippen LogP contribution in [0.4, 0.5) is 5.00 Å². The number of nitrogens with zero attached hydrogens (tertiary/aromatic N) is 1. The molecule has 1 aliphatic rings. The number of nitriles is 1. The van der Waals surface area contributed by atoms with Crippen LogP contribution in [0.3, 0.4) is 0 Å². The van der Waals surface area contributed by atoms with Gasteiger partial charge in [-0.2, -0.15) is 5.26 Å². The number of nitrogens with one attached hydrogen (secondary N) is 1. The smallest absolute Gasteiger partial charge is 0.399 e. The number of rotatable bonds is 2. The van der Waals surface area contributed by atoms with Crippen molar-refractivity contribution in [1.29, 1.82) is 5.26 Å². The molecule has 0 spiro atoms. The Hall–Kier alpha value is -1.55. The van der Waals surface area contributed by atoms with Crippen molar-refractivity contribution in [2.24, 2.45) is 0 Å². The standard InChI is InChI=1S/C16H19BN2O2S/c1-15(2)16(3,4)21-17(20-15)11-7-6-8-12-13(11)10(9-18)14(19-5)22-12/h6-8,19H,1-5H3. The van der Waals surface area contributed by atoms with Gasteiger partial charge in [0.2, 0.25) is 0 Å². The van der Waals surface area contributed by atoms with Gasteiger partial charge in [-0.05, 0) is 39.2 Å². The average Bonchev–Trinajstić information content (AvgIpc) is 2.92. The molecule has 1 fully saturated rings. The van der Waals surface area contributed by atoms with Gasteiger partial charge in [-0.25, -0.2) is 0 Å². The molecule has 22 heavy (non-hydrogen) atoms. The third-order valence-corrected chi connectivity index (χ3v) is 5.77. The first-order valence-corrected chi connectivity index (χ1v) is 8.11. The molecule has 0 aliphatic carbocycles. The van der Waals surface area contributed by atoms with Crippen molar-refractivity contribution in [2.45, 2.75) is 38.9 Å². The highest BCUT2D eigenvalue weighted by molar-refractivity contribution is 7.23. The monoisotopic (exact) mass is 314 g/mol. The zero-order valence-electron chi connectivity index (χ0n) is 13.5. The molecule has 114 valence electrons. The van der Waals surface area contributed by atoms with Crippen LogP contribution in [0.1, 0.15) is 33.3 Å². The molecule has 1 aliphatic heterocycles. The van der Waals surface area contributed by atoms with Crippen molar-refractivity contribution in [3.8, 4) is 6.07 Å². The van der Waals surface area contributed by atoms with Crippen molar-refractivity contribution in [3.63, 3.8) is 0 Å². The van der Waals surface area contributed by atoms with Gasteiger partial charge in [-0.3, -0.25) is 0 Å². The quantitative estimate of drug-likeness (QED) is 0.865. The summed E-state index contributed by atoms with van der Waals surface area (Å²) in [5, 5.41) is 14.4. The number of benzene rings is 1. The van der Waals surface area contributed by atoms with Crippen molar-refractivity contribution in [3.05, 3.63) is 23.8 Å². The lowest BCUT2D eigenvalue weighted by molar-refractivity contribution is 0.00578. The highest BCUT2D eigenvalue weighted by atomic mass is 32.1. The summed E-state index contributed by atoms with van der Waals surface area (Å²) in [5.41, 5.74) is 0.793.